The fraction of sp³-hybridized carbons (Fsp3) is 0.0556. The highest BCUT2D eigenvalue weighted by atomic mass is 35.5. The van der Waals surface area contributed by atoms with E-state index in [-0.39, 0.29) is 11.7 Å². The molecule has 0 saturated carbocycles. The number of rotatable bonds is 3. The van der Waals surface area contributed by atoms with E-state index in [0.29, 0.717) is 21.5 Å². The summed E-state index contributed by atoms with van der Waals surface area (Å²) in [6.07, 6.45) is 0. The molecule has 3 rings (SSSR count). The molecule has 5 heteroatoms. The minimum atomic E-state index is -0.325. The molecule has 0 spiro atoms. The van der Waals surface area contributed by atoms with Crippen molar-refractivity contribution in [3.05, 3.63) is 76.0 Å². The first-order chi connectivity index (χ1) is 11.0. The van der Waals surface area contributed by atoms with Crippen LogP contribution in [0, 0.1) is 6.92 Å². The minimum Gasteiger partial charge on any atom is -0.451 e. The highest BCUT2D eigenvalue weighted by molar-refractivity contribution is 6.33. The van der Waals surface area contributed by atoms with E-state index in [0.717, 1.165) is 11.1 Å². The standard InChI is InChI=1S/C18H13Cl2NO2/c1-11-10-12(19)6-7-15(11)21-18(22)17-9-8-16(23-17)13-4-2-3-5-14(13)20/h2-10H,1H3,(H,21,22). The van der Waals surface area contributed by atoms with Crippen molar-refractivity contribution >= 4 is 34.8 Å². The third-order valence-electron chi connectivity index (χ3n) is 3.41. The Bertz CT molecular complexity index is 871. The molecule has 23 heavy (non-hydrogen) atoms. The molecule has 0 unspecified atom stereocenters. The summed E-state index contributed by atoms with van der Waals surface area (Å²) in [4.78, 5) is 12.3. The Morgan fingerprint density at radius 2 is 1.83 bits per heavy atom. The Morgan fingerprint density at radius 3 is 2.57 bits per heavy atom. The van der Waals surface area contributed by atoms with Crippen LogP contribution in [-0.4, -0.2) is 5.91 Å². The second kappa shape index (κ2) is 6.49. The van der Waals surface area contributed by atoms with Crippen LogP contribution in [0.2, 0.25) is 10.0 Å². The van der Waals surface area contributed by atoms with Gasteiger partial charge in [0.05, 0.1) is 5.02 Å². The van der Waals surface area contributed by atoms with Gasteiger partial charge >= 0.3 is 0 Å². The van der Waals surface area contributed by atoms with Gasteiger partial charge in [-0.1, -0.05) is 35.3 Å². The zero-order valence-corrected chi connectivity index (χ0v) is 13.8. The van der Waals surface area contributed by atoms with Crippen LogP contribution in [0.25, 0.3) is 11.3 Å². The fourth-order valence-corrected chi connectivity index (χ4v) is 2.67. The predicted molar refractivity (Wildman–Crippen MR) is 93.3 cm³/mol. The lowest BCUT2D eigenvalue weighted by Crippen LogP contribution is -2.11. The largest absolute Gasteiger partial charge is 0.451 e. The number of furan rings is 1. The second-order valence-corrected chi connectivity index (χ2v) is 5.90. The molecule has 0 aliphatic rings. The average Bonchev–Trinajstić information content (AvgIpc) is 3.00. The number of anilines is 1. The maximum Gasteiger partial charge on any atom is 0.291 e. The summed E-state index contributed by atoms with van der Waals surface area (Å²) in [5.74, 6) is 0.441. The summed E-state index contributed by atoms with van der Waals surface area (Å²) in [7, 11) is 0. The summed E-state index contributed by atoms with van der Waals surface area (Å²) in [6.45, 7) is 1.87. The van der Waals surface area contributed by atoms with E-state index in [9.17, 15) is 4.79 Å². The quantitative estimate of drug-likeness (QED) is 0.650. The molecule has 1 amide bonds. The van der Waals surface area contributed by atoms with E-state index in [1.165, 1.54) is 0 Å². The average molecular weight is 346 g/mol. The first-order valence-corrected chi connectivity index (χ1v) is 7.72. The molecule has 1 aromatic heterocycles. The lowest BCUT2D eigenvalue weighted by molar-refractivity contribution is 0.0997. The summed E-state index contributed by atoms with van der Waals surface area (Å²) in [5, 5.41) is 4.00. The summed E-state index contributed by atoms with van der Waals surface area (Å²) in [6, 6.07) is 15.9. The lowest BCUT2D eigenvalue weighted by atomic mass is 10.2. The molecular weight excluding hydrogens is 333 g/mol. The SMILES string of the molecule is Cc1cc(Cl)ccc1NC(=O)c1ccc(-c2ccccc2Cl)o1. The first-order valence-electron chi connectivity index (χ1n) is 6.97. The van der Waals surface area contributed by atoms with Gasteiger partial charge in [0.1, 0.15) is 5.76 Å². The van der Waals surface area contributed by atoms with Crippen LogP contribution in [-0.2, 0) is 0 Å². The van der Waals surface area contributed by atoms with Crippen molar-refractivity contribution in [2.45, 2.75) is 6.92 Å². The van der Waals surface area contributed by atoms with Crippen molar-refractivity contribution < 1.29 is 9.21 Å². The Morgan fingerprint density at radius 1 is 1.04 bits per heavy atom. The maximum absolute atomic E-state index is 12.3. The van der Waals surface area contributed by atoms with Gasteiger partial charge < -0.3 is 9.73 Å². The topological polar surface area (TPSA) is 42.2 Å². The van der Waals surface area contributed by atoms with Crippen molar-refractivity contribution in [3.8, 4) is 11.3 Å². The van der Waals surface area contributed by atoms with E-state index < -0.39 is 0 Å². The number of carbonyl (C=O) groups excluding carboxylic acids is 1. The molecule has 2 aromatic carbocycles. The van der Waals surface area contributed by atoms with Gasteiger partial charge in [-0.25, -0.2) is 0 Å². The number of amides is 1. The molecule has 0 aliphatic carbocycles. The fourth-order valence-electron chi connectivity index (χ4n) is 2.22. The molecule has 0 fully saturated rings. The molecule has 3 aromatic rings. The molecule has 1 heterocycles. The normalized spacial score (nSPS) is 10.6. The molecule has 0 aliphatic heterocycles. The summed E-state index contributed by atoms with van der Waals surface area (Å²) >= 11 is 12.1. The number of halogens is 2. The second-order valence-electron chi connectivity index (χ2n) is 5.06. The molecule has 0 saturated heterocycles. The van der Waals surface area contributed by atoms with Crippen LogP contribution in [0.3, 0.4) is 0 Å². The first kappa shape index (κ1) is 15.7. The smallest absolute Gasteiger partial charge is 0.291 e. The number of hydrogen-bond donors (Lipinski definition) is 1. The highest BCUT2D eigenvalue weighted by Crippen LogP contribution is 2.29. The van der Waals surface area contributed by atoms with Gasteiger partial charge in [0.2, 0.25) is 0 Å². The Hall–Kier alpha value is -2.23. The van der Waals surface area contributed by atoms with Gasteiger partial charge in [0.25, 0.3) is 5.91 Å². The van der Waals surface area contributed by atoms with Crippen LogP contribution >= 0.6 is 23.2 Å². The summed E-state index contributed by atoms with van der Waals surface area (Å²) in [5.41, 5.74) is 2.31. The molecule has 1 N–H and O–H groups in total. The van der Waals surface area contributed by atoms with Crippen LogP contribution in [0.4, 0.5) is 5.69 Å². The number of benzene rings is 2. The zero-order valence-electron chi connectivity index (χ0n) is 12.3. The van der Waals surface area contributed by atoms with Gasteiger partial charge in [-0.05, 0) is 55.0 Å². The van der Waals surface area contributed by atoms with Crippen molar-refractivity contribution in [2.75, 3.05) is 5.32 Å². The van der Waals surface area contributed by atoms with Gasteiger partial charge in [0, 0.05) is 16.3 Å². The van der Waals surface area contributed by atoms with Crippen LogP contribution in [0.15, 0.2) is 59.0 Å². The number of nitrogens with one attached hydrogen (secondary N) is 1. The van der Waals surface area contributed by atoms with E-state index in [1.807, 2.05) is 25.1 Å². The molecule has 0 atom stereocenters. The molecule has 116 valence electrons. The Labute approximate surface area is 143 Å². The van der Waals surface area contributed by atoms with Crippen LogP contribution < -0.4 is 5.32 Å². The molecule has 0 bridgehead atoms. The molecular formula is C18H13Cl2NO2. The van der Waals surface area contributed by atoms with E-state index in [2.05, 4.69) is 5.32 Å². The predicted octanol–water partition coefficient (Wildman–Crippen LogP) is 5.81. The van der Waals surface area contributed by atoms with Crippen molar-refractivity contribution in [1.82, 2.24) is 0 Å². The maximum atomic E-state index is 12.3. The zero-order chi connectivity index (χ0) is 16.4. The van der Waals surface area contributed by atoms with Gasteiger partial charge in [0.15, 0.2) is 5.76 Å². The van der Waals surface area contributed by atoms with E-state index >= 15 is 0 Å². The molecule has 3 nitrogen and oxygen atoms in total. The minimum absolute atomic E-state index is 0.217. The number of carbonyl (C=O) groups is 1. The van der Waals surface area contributed by atoms with Crippen molar-refractivity contribution in [1.29, 1.82) is 0 Å². The monoisotopic (exact) mass is 345 g/mol. The highest BCUT2D eigenvalue weighted by Gasteiger charge is 2.14. The van der Waals surface area contributed by atoms with Crippen LogP contribution in [0.5, 0.6) is 0 Å². The van der Waals surface area contributed by atoms with E-state index in [4.69, 9.17) is 27.6 Å². The van der Waals surface area contributed by atoms with Crippen molar-refractivity contribution in [3.63, 3.8) is 0 Å². The third-order valence-corrected chi connectivity index (χ3v) is 3.97. The van der Waals surface area contributed by atoms with Gasteiger partial charge in [-0.3, -0.25) is 4.79 Å². The molecule has 0 radical (unpaired) electrons. The van der Waals surface area contributed by atoms with Gasteiger partial charge in [-0.2, -0.15) is 0 Å². The van der Waals surface area contributed by atoms with Gasteiger partial charge in [-0.15, -0.1) is 0 Å². The third kappa shape index (κ3) is 3.41. The number of aryl methyl sites for hydroxylation is 1. The van der Waals surface area contributed by atoms with Crippen LogP contribution in [0.1, 0.15) is 16.1 Å². The van der Waals surface area contributed by atoms with E-state index in [1.54, 1.807) is 36.4 Å². The Kier molecular flexibility index (Phi) is 4.42. The van der Waals surface area contributed by atoms with Crippen molar-refractivity contribution in [2.24, 2.45) is 0 Å². The Balaban J connectivity index is 1.83. The summed E-state index contributed by atoms with van der Waals surface area (Å²) < 4.78 is 5.63. The lowest BCUT2D eigenvalue weighted by Gasteiger charge is -2.07. The number of hydrogen-bond acceptors (Lipinski definition) is 2.